The van der Waals surface area contributed by atoms with Crippen LogP contribution in [0.3, 0.4) is 0 Å². The Labute approximate surface area is 276 Å². The summed E-state index contributed by atoms with van der Waals surface area (Å²) in [6.45, 7) is 0. The molecule has 0 saturated carbocycles. The lowest BCUT2D eigenvalue weighted by atomic mass is 9.66. The third-order valence-corrected chi connectivity index (χ3v) is 10.7. The maximum absolute atomic E-state index is 6.53. The summed E-state index contributed by atoms with van der Waals surface area (Å²) in [5.74, 6) is 2.54. The second kappa shape index (κ2) is 10.1. The first-order chi connectivity index (χ1) is 23.3. The van der Waals surface area contributed by atoms with E-state index < -0.39 is 5.41 Å². The van der Waals surface area contributed by atoms with Crippen LogP contribution in [0, 0.1) is 0 Å². The van der Waals surface area contributed by atoms with E-state index >= 15 is 0 Å². The predicted octanol–water partition coefficient (Wildman–Crippen LogP) is 11.2. The molecule has 2 aliphatic rings. The number of fused-ring (bicyclic) bond motifs is 10. The Bertz CT molecular complexity index is 2400. The van der Waals surface area contributed by atoms with Gasteiger partial charge >= 0.3 is 0 Å². The summed E-state index contributed by atoms with van der Waals surface area (Å²) in [5.41, 5.74) is 10.9. The summed E-state index contributed by atoms with van der Waals surface area (Å²) < 4.78 is 7.76. The maximum atomic E-state index is 6.53. The molecule has 3 heterocycles. The molecule has 1 aliphatic carbocycles. The van der Waals surface area contributed by atoms with E-state index in [0.29, 0.717) is 0 Å². The van der Waals surface area contributed by atoms with Gasteiger partial charge < -0.3 is 4.74 Å². The van der Waals surface area contributed by atoms with Crippen LogP contribution in [0.1, 0.15) is 22.3 Å². The lowest BCUT2D eigenvalue weighted by molar-refractivity contribution is 0.436. The zero-order valence-electron chi connectivity index (χ0n) is 25.2. The minimum Gasteiger partial charge on any atom is -0.457 e. The molecule has 3 nitrogen and oxygen atoms in total. The van der Waals surface area contributed by atoms with E-state index in [1.807, 2.05) is 24.3 Å². The number of hydrogen-bond acceptors (Lipinski definition) is 4. The van der Waals surface area contributed by atoms with Gasteiger partial charge in [0.15, 0.2) is 5.82 Å². The van der Waals surface area contributed by atoms with Crippen LogP contribution in [-0.2, 0) is 5.41 Å². The second-order valence-corrected chi connectivity index (χ2v) is 13.2. The van der Waals surface area contributed by atoms with Gasteiger partial charge in [-0.2, -0.15) is 0 Å². The van der Waals surface area contributed by atoms with Crippen molar-refractivity contribution in [2.45, 2.75) is 5.41 Å². The first-order valence-corrected chi connectivity index (χ1v) is 16.6. The SMILES string of the molecule is c1ccc(-c2cc(-c3cc4cc5c(cc4s3)-c3ccccc3C53c4ccccc4Oc4ccccc43)nc(-c3ccccc3)n2)cc1. The van der Waals surface area contributed by atoms with Crippen LogP contribution < -0.4 is 4.74 Å². The number of ether oxygens (including phenoxy) is 1. The van der Waals surface area contributed by atoms with Crippen molar-refractivity contribution in [1.29, 1.82) is 0 Å². The van der Waals surface area contributed by atoms with Crippen LogP contribution >= 0.6 is 11.3 Å². The Morgan fingerprint density at radius 3 is 1.79 bits per heavy atom. The number of nitrogens with zero attached hydrogens (tertiary/aromatic N) is 2. The number of aromatic nitrogens is 2. The monoisotopic (exact) mass is 618 g/mol. The number of rotatable bonds is 3. The quantitative estimate of drug-likeness (QED) is 0.198. The van der Waals surface area contributed by atoms with Gasteiger partial charge in [-0.3, -0.25) is 0 Å². The molecule has 2 aromatic heterocycles. The van der Waals surface area contributed by atoms with E-state index in [1.165, 1.54) is 43.5 Å². The van der Waals surface area contributed by atoms with Crippen molar-refractivity contribution in [3.05, 3.63) is 180 Å². The van der Waals surface area contributed by atoms with Crippen molar-refractivity contribution in [3.63, 3.8) is 0 Å². The van der Waals surface area contributed by atoms with Crippen LogP contribution in [0.25, 0.3) is 54.4 Å². The zero-order valence-corrected chi connectivity index (χ0v) is 26.0. The average molecular weight is 619 g/mol. The van der Waals surface area contributed by atoms with Crippen molar-refractivity contribution in [1.82, 2.24) is 9.97 Å². The van der Waals surface area contributed by atoms with Crippen LogP contribution in [0.5, 0.6) is 11.5 Å². The van der Waals surface area contributed by atoms with E-state index in [4.69, 9.17) is 14.7 Å². The van der Waals surface area contributed by atoms with Crippen LogP contribution in [0.2, 0.25) is 0 Å². The molecule has 0 N–H and O–H groups in total. The van der Waals surface area contributed by atoms with Crippen molar-refractivity contribution in [3.8, 4) is 55.8 Å². The second-order valence-electron chi connectivity index (χ2n) is 12.1. The molecule has 0 saturated heterocycles. The van der Waals surface area contributed by atoms with Crippen LogP contribution in [0.4, 0.5) is 0 Å². The largest absolute Gasteiger partial charge is 0.457 e. The van der Waals surface area contributed by atoms with Crippen molar-refractivity contribution in [2.75, 3.05) is 0 Å². The zero-order chi connectivity index (χ0) is 31.0. The first-order valence-electron chi connectivity index (χ1n) is 15.8. The first kappa shape index (κ1) is 26.4. The van der Waals surface area contributed by atoms with Crippen molar-refractivity contribution >= 4 is 21.4 Å². The normalized spacial score (nSPS) is 13.4. The maximum Gasteiger partial charge on any atom is 0.160 e. The topological polar surface area (TPSA) is 35.0 Å². The van der Waals surface area contributed by atoms with Crippen molar-refractivity contribution in [2.24, 2.45) is 0 Å². The fraction of sp³-hybridized carbons (Fsp3) is 0.0233. The Morgan fingerprint density at radius 1 is 0.468 bits per heavy atom. The molecule has 0 amide bonds. The molecule has 0 fully saturated rings. The predicted molar refractivity (Wildman–Crippen MR) is 191 cm³/mol. The molecule has 4 heteroatoms. The molecule has 6 aromatic carbocycles. The number of hydrogen-bond donors (Lipinski definition) is 0. The Morgan fingerprint density at radius 2 is 1.06 bits per heavy atom. The lowest BCUT2D eigenvalue weighted by Gasteiger charge is -2.39. The van der Waals surface area contributed by atoms with E-state index in [2.05, 4.69) is 133 Å². The summed E-state index contributed by atoms with van der Waals surface area (Å²) in [6.07, 6.45) is 0. The minimum absolute atomic E-state index is 0.483. The number of thiophene rings is 1. The summed E-state index contributed by atoms with van der Waals surface area (Å²) >= 11 is 1.79. The molecule has 10 rings (SSSR count). The van der Waals surface area contributed by atoms with E-state index in [9.17, 15) is 0 Å². The molecule has 1 aliphatic heterocycles. The molecule has 0 radical (unpaired) electrons. The highest BCUT2D eigenvalue weighted by atomic mass is 32.1. The third-order valence-electron chi connectivity index (χ3n) is 9.56. The molecular weight excluding hydrogens is 593 g/mol. The van der Waals surface area contributed by atoms with E-state index in [0.717, 1.165) is 44.7 Å². The van der Waals surface area contributed by atoms with Gasteiger partial charge in [0.25, 0.3) is 0 Å². The van der Waals surface area contributed by atoms with Gasteiger partial charge in [-0.15, -0.1) is 11.3 Å². The summed E-state index contributed by atoms with van der Waals surface area (Å²) in [4.78, 5) is 11.3. The highest BCUT2D eigenvalue weighted by Crippen LogP contribution is 2.62. The highest BCUT2D eigenvalue weighted by molar-refractivity contribution is 7.22. The van der Waals surface area contributed by atoms with Gasteiger partial charge in [-0.05, 0) is 64.0 Å². The molecular formula is C43H26N2OS. The average Bonchev–Trinajstić information content (AvgIpc) is 3.69. The standard InChI is InChI=1S/C43H26N2OS/c1-3-13-27(14-4-1)36-26-37(45-42(44-36)28-15-5-2-6-16-28)41-24-29-23-35-31(25-40(29)47-41)30-17-7-8-18-32(30)43(35)33-19-9-11-21-38(33)46-39-22-12-10-20-34(39)43/h1-26H. The Hall–Kier alpha value is -5.84. The molecule has 8 aromatic rings. The highest BCUT2D eigenvalue weighted by Gasteiger charge is 2.51. The lowest BCUT2D eigenvalue weighted by Crippen LogP contribution is -2.32. The number of para-hydroxylation sites is 2. The fourth-order valence-corrected chi connectivity index (χ4v) is 8.60. The van der Waals surface area contributed by atoms with Gasteiger partial charge in [0.1, 0.15) is 11.5 Å². The summed E-state index contributed by atoms with van der Waals surface area (Å²) in [6, 6.07) is 55.8. The summed E-state index contributed by atoms with van der Waals surface area (Å²) in [5, 5.41) is 1.21. The fourth-order valence-electron chi connectivity index (χ4n) is 7.56. The summed E-state index contributed by atoms with van der Waals surface area (Å²) in [7, 11) is 0. The smallest absolute Gasteiger partial charge is 0.160 e. The molecule has 0 atom stereocenters. The molecule has 47 heavy (non-hydrogen) atoms. The van der Waals surface area contributed by atoms with Crippen molar-refractivity contribution < 1.29 is 4.74 Å². The molecule has 0 unspecified atom stereocenters. The van der Waals surface area contributed by atoms with Gasteiger partial charge in [-0.1, -0.05) is 121 Å². The third kappa shape index (κ3) is 3.86. The molecule has 1 spiro atoms. The van der Waals surface area contributed by atoms with Gasteiger partial charge in [0.2, 0.25) is 0 Å². The van der Waals surface area contributed by atoms with Gasteiger partial charge in [-0.25, -0.2) is 9.97 Å². The van der Waals surface area contributed by atoms with Gasteiger partial charge in [0.05, 0.1) is 21.7 Å². The van der Waals surface area contributed by atoms with Crippen LogP contribution in [-0.4, -0.2) is 9.97 Å². The number of benzene rings is 6. The Kier molecular flexibility index (Phi) is 5.66. The molecule has 0 bridgehead atoms. The molecule has 220 valence electrons. The van der Waals surface area contributed by atoms with E-state index in [-0.39, 0.29) is 0 Å². The van der Waals surface area contributed by atoms with E-state index in [1.54, 1.807) is 11.3 Å². The minimum atomic E-state index is -0.483. The Balaban J connectivity index is 1.22. The van der Waals surface area contributed by atoms with Gasteiger partial charge in [0, 0.05) is 27.0 Å². The van der Waals surface area contributed by atoms with Crippen LogP contribution in [0.15, 0.2) is 158 Å².